The smallest absolute Gasteiger partial charge is 0.0233 e. The van der Waals surface area contributed by atoms with Gasteiger partial charge in [0, 0.05) is 19.6 Å². The minimum atomic E-state index is 0. The van der Waals surface area contributed by atoms with Crippen LogP contribution in [0.15, 0.2) is 24.3 Å². The molecule has 2 fully saturated rings. The SMILES string of the molecule is CC(C)(C)c1ccc(CN2CCC3(CCNC3)C2)cc1.Cl. The monoisotopic (exact) mass is 308 g/mol. The number of nitrogens with zero attached hydrogens (tertiary/aromatic N) is 1. The summed E-state index contributed by atoms with van der Waals surface area (Å²) in [7, 11) is 0. The molecule has 1 spiro atoms. The van der Waals surface area contributed by atoms with Gasteiger partial charge in [-0.3, -0.25) is 4.90 Å². The van der Waals surface area contributed by atoms with E-state index in [1.54, 1.807) is 0 Å². The molecule has 2 heterocycles. The number of benzene rings is 1. The van der Waals surface area contributed by atoms with Crippen molar-refractivity contribution in [1.82, 2.24) is 10.2 Å². The number of hydrogen-bond donors (Lipinski definition) is 1. The molecule has 1 unspecified atom stereocenters. The molecule has 3 rings (SSSR count). The van der Waals surface area contributed by atoms with Gasteiger partial charge in [-0.05, 0) is 47.9 Å². The summed E-state index contributed by atoms with van der Waals surface area (Å²) >= 11 is 0. The minimum absolute atomic E-state index is 0. The summed E-state index contributed by atoms with van der Waals surface area (Å²) in [4.78, 5) is 2.64. The number of nitrogens with one attached hydrogen (secondary N) is 1. The van der Waals surface area contributed by atoms with Crippen LogP contribution in [0.3, 0.4) is 0 Å². The summed E-state index contributed by atoms with van der Waals surface area (Å²) < 4.78 is 0. The molecule has 1 aromatic rings. The van der Waals surface area contributed by atoms with Crippen LogP contribution in [0.25, 0.3) is 0 Å². The third kappa shape index (κ3) is 3.80. The third-order valence-electron chi connectivity index (χ3n) is 5.08. The highest BCUT2D eigenvalue weighted by Crippen LogP contribution is 2.36. The van der Waals surface area contributed by atoms with E-state index in [2.05, 4.69) is 55.3 Å². The van der Waals surface area contributed by atoms with Crippen LogP contribution in [0.5, 0.6) is 0 Å². The number of likely N-dealkylation sites (tertiary alicyclic amines) is 1. The summed E-state index contributed by atoms with van der Waals surface area (Å²) in [5.74, 6) is 0. The fourth-order valence-corrected chi connectivity index (χ4v) is 3.67. The molecular weight excluding hydrogens is 280 g/mol. The third-order valence-corrected chi connectivity index (χ3v) is 5.08. The Bertz CT molecular complexity index is 455. The van der Waals surface area contributed by atoms with Crippen LogP contribution in [0, 0.1) is 5.41 Å². The highest BCUT2D eigenvalue weighted by molar-refractivity contribution is 5.85. The topological polar surface area (TPSA) is 15.3 Å². The molecule has 118 valence electrons. The first kappa shape index (κ1) is 16.8. The lowest BCUT2D eigenvalue weighted by Crippen LogP contribution is -2.28. The second-order valence-corrected chi connectivity index (χ2v) is 7.83. The molecule has 0 bridgehead atoms. The van der Waals surface area contributed by atoms with Crippen molar-refractivity contribution in [2.45, 2.75) is 45.6 Å². The molecule has 21 heavy (non-hydrogen) atoms. The van der Waals surface area contributed by atoms with Gasteiger partial charge in [0.15, 0.2) is 0 Å². The largest absolute Gasteiger partial charge is 0.316 e. The van der Waals surface area contributed by atoms with Crippen molar-refractivity contribution in [2.75, 3.05) is 26.2 Å². The lowest BCUT2D eigenvalue weighted by atomic mass is 9.86. The van der Waals surface area contributed by atoms with Crippen molar-refractivity contribution in [1.29, 1.82) is 0 Å². The molecule has 0 aromatic heterocycles. The molecule has 2 saturated heterocycles. The normalized spacial score (nSPS) is 26.2. The van der Waals surface area contributed by atoms with Crippen LogP contribution >= 0.6 is 12.4 Å². The molecule has 0 radical (unpaired) electrons. The molecule has 0 aliphatic carbocycles. The molecule has 2 aliphatic rings. The molecule has 1 atom stereocenters. The van der Waals surface area contributed by atoms with Crippen LogP contribution < -0.4 is 5.32 Å². The Morgan fingerprint density at radius 3 is 2.43 bits per heavy atom. The molecule has 2 nitrogen and oxygen atoms in total. The fourth-order valence-electron chi connectivity index (χ4n) is 3.67. The lowest BCUT2D eigenvalue weighted by Gasteiger charge is -2.23. The van der Waals surface area contributed by atoms with E-state index in [9.17, 15) is 0 Å². The van der Waals surface area contributed by atoms with Crippen LogP contribution in [0.2, 0.25) is 0 Å². The molecular formula is C18H29ClN2. The average Bonchev–Trinajstić information content (AvgIpc) is 3.00. The van der Waals surface area contributed by atoms with Gasteiger partial charge in [-0.2, -0.15) is 0 Å². The maximum absolute atomic E-state index is 3.54. The van der Waals surface area contributed by atoms with Gasteiger partial charge in [0.25, 0.3) is 0 Å². The maximum Gasteiger partial charge on any atom is 0.0233 e. The van der Waals surface area contributed by atoms with Crippen LogP contribution in [0.1, 0.15) is 44.7 Å². The Kier molecular flexibility index (Phi) is 5.02. The standard InChI is InChI=1S/C18H28N2.ClH/c1-17(2,3)16-6-4-15(5-7-16)12-20-11-9-18(14-20)8-10-19-13-18;/h4-7,19H,8-14H2,1-3H3;1H. The fraction of sp³-hybridized carbons (Fsp3) is 0.667. The van der Waals surface area contributed by atoms with E-state index >= 15 is 0 Å². The zero-order valence-electron chi connectivity index (χ0n) is 13.6. The summed E-state index contributed by atoms with van der Waals surface area (Å²) in [5, 5.41) is 3.54. The van der Waals surface area contributed by atoms with Gasteiger partial charge in [-0.15, -0.1) is 12.4 Å². The summed E-state index contributed by atoms with van der Waals surface area (Å²) in [6.07, 6.45) is 2.74. The van der Waals surface area contributed by atoms with E-state index in [0.29, 0.717) is 5.41 Å². The first-order valence-corrected chi connectivity index (χ1v) is 7.99. The van der Waals surface area contributed by atoms with E-state index in [1.807, 2.05) is 0 Å². The minimum Gasteiger partial charge on any atom is -0.316 e. The Balaban J connectivity index is 0.00000161. The van der Waals surface area contributed by atoms with Gasteiger partial charge >= 0.3 is 0 Å². The van der Waals surface area contributed by atoms with Crippen molar-refractivity contribution in [3.05, 3.63) is 35.4 Å². The summed E-state index contributed by atoms with van der Waals surface area (Å²) in [5.41, 5.74) is 3.73. The second-order valence-electron chi connectivity index (χ2n) is 7.83. The van der Waals surface area contributed by atoms with E-state index < -0.39 is 0 Å². The number of rotatable bonds is 2. The van der Waals surface area contributed by atoms with E-state index in [0.717, 1.165) is 6.54 Å². The number of hydrogen-bond acceptors (Lipinski definition) is 2. The quantitative estimate of drug-likeness (QED) is 0.898. The van der Waals surface area contributed by atoms with Crippen molar-refractivity contribution in [3.8, 4) is 0 Å². The Labute approximate surface area is 135 Å². The predicted molar refractivity (Wildman–Crippen MR) is 92.2 cm³/mol. The molecule has 0 amide bonds. The lowest BCUT2D eigenvalue weighted by molar-refractivity contribution is 0.268. The zero-order valence-corrected chi connectivity index (χ0v) is 14.4. The van der Waals surface area contributed by atoms with Crippen LogP contribution in [0.4, 0.5) is 0 Å². The molecule has 1 N–H and O–H groups in total. The van der Waals surface area contributed by atoms with Gasteiger partial charge in [0.2, 0.25) is 0 Å². The van der Waals surface area contributed by atoms with Crippen molar-refractivity contribution >= 4 is 12.4 Å². The first-order chi connectivity index (χ1) is 9.47. The first-order valence-electron chi connectivity index (χ1n) is 7.99. The highest BCUT2D eigenvalue weighted by Gasteiger charge is 2.39. The van der Waals surface area contributed by atoms with E-state index in [4.69, 9.17) is 0 Å². The average molecular weight is 309 g/mol. The molecule has 0 saturated carbocycles. The van der Waals surface area contributed by atoms with Gasteiger partial charge < -0.3 is 5.32 Å². The number of halogens is 1. The maximum atomic E-state index is 3.54. The molecule has 2 aliphatic heterocycles. The van der Waals surface area contributed by atoms with Crippen molar-refractivity contribution in [2.24, 2.45) is 5.41 Å². The van der Waals surface area contributed by atoms with E-state index in [-0.39, 0.29) is 17.8 Å². The van der Waals surface area contributed by atoms with Crippen LogP contribution in [-0.2, 0) is 12.0 Å². The van der Waals surface area contributed by atoms with Gasteiger partial charge in [0.1, 0.15) is 0 Å². The van der Waals surface area contributed by atoms with Gasteiger partial charge in [-0.1, -0.05) is 45.0 Å². The van der Waals surface area contributed by atoms with Crippen molar-refractivity contribution < 1.29 is 0 Å². The van der Waals surface area contributed by atoms with E-state index in [1.165, 1.54) is 50.1 Å². The summed E-state index contributed by atoms with van der Waals surface area (Å²) in [6, 6.07) is 9.24. The van der Waals surface area contributed by atoms with Gasteiger partial charge in [0.05, 0.1) is 0 Å². The highest BCUT2D eigenvalue weighted by atomic mass is 35.5. The molecule has 3 heteroatoms. The summed E-state index contributed by atoms with van der Waals surface area (Å²) in [6.45, 7) is 12.9. The second kappa shape index (κ2) is 6.28. The molecule has 1 aromatic carbocycles. The van der Waals surface area contributed by atoms with Gasteiger partial charge in [-0.25, -0.2) is 0 Å². The van der Waals surface area contributed by atoms with Crippen LogP contribution in [-0.4, -0.2) is 31.1 Å². The Morgan fingerprint density at radius 1 is 1.14 bits per heavy atom. The zero-order chi connectivity index (χ0) is 14.2. The Hall–Kier alpha value is -0.570. The predicted octanol–water partition coefficient (Wildman–Crippen LogP) is 3.59. The van der Waals surface area contributed by atoms with Crippen molar-refractivity contribution in [3.63, 3.8) is 0 Å². The Morgan fingerprint density at radius 2 is 1.86 bits per heavy atom.